The van der Waals surface area contributed by atoms with Crippen molar-refractivity contribution >= 4 is 10.8 Å². The third kappa shape index (κ3) is 4.10. The van der Waals surface area contributed by atoms with Crippen molar-refractivity contribution in [2.24, 2.45) is 0 Å². The van der Waals surface area contributed by atoms with E-state index in [4.69, 9.17) is 9.47 Å². The molecule has 0 aliphatic carbocycles. The first-order valence-electron chi connectivity index (χ1n) is 9.33. The molecule has 1 aliphatic heterocycles. The summed E-state index contributed by atoms with van der Waals surface area (Å²) in [7, 11) is 1.69. The summed E-state index contributed by atoms with van der Waals surface area (Å²) in [6.45, 7) is 7.26. The van der Waals surface area contributed by atoms with Gasteiger partial charge in [0.2, 0.25) is 0 Å². The maximum Gasteiger partial charge on any atom is 0.142 e. The lowest BCUT2D eigenvalue weighted by Crippen LogP contribution is -2.38. The first-order chi connectivity index (χ1) is 13.1. The molecule has 1 saturated heterocycles. The molecule has 4 rings (SSSR count). The second kappa shape index (κ2) is 7.62. The number of methoxy groups -OCH3 is 1. The van der Waals surface area contributed by atoms with E-state index in [0.717, 1.165) is 49.2 Å². The minimum absolute atomic E-state index is 0.0659. The highest BCUT2D eigenvalue weighted by molar-refractivity contribution is 5.84. The Kier molecular flexibility index (Phi) is 5.05. The molecule has 0 spiro atoms. The van der Waals surface area contributed by atoms with Crippen LogP contribution in [0.4, 0.5) is 0 Å². The van der Waals surface area contributed by atoms with E-state index in [9.17, 15) is 0 Å². The van der Waals surface area contributed by atoms with E-state index in [2.05, 4.69) is 45.2 Å². The summed E-state index contributed by atoms with van der Waals surface area (Å²) in [4.78, 5) is 11.5. The van der Waals surface area contributed by atoms with Crippen molar-refractivity contribution in [3.8, 4) is 5.75 Å². The Hall–Kier alpha value is -2.50. The van der Waals surface area contributed by atoms with E-state index in [1.165, 1.54) is 16.3 Å². The number of morpholine rings is 1. The molecule has 0 bridgehead atoms. The minimum atomic E-state index is 0.0659. The van der Waals surface area contributed by atoms with Gasteiger partial charge in [0.25, 0.3) is 0 Å². The molecular formula is C22H25N3O2. The van der Waals surface area contributed by atoms with Crippen LogP contribution in [0.25, 0.3) is 10.8 Å². The Bertz CT molecular complexity index is 937. The van der Waals surface area contributed by atoms with E-state index < -0.39 is 0 Å². The average Bonchev–Trinajstić information content (AvgIpc) is 2.66. The van der Waals surface area contributed by atoms with Crippen LogP contribution in [0, 0.1) is 13.8 Å². The van der Waals surface area contributed by atoms with Gasteiger partial charge in [-0.25, -0.2) is 9.97 Å². The van der Waals surface area contributed by atoms with Gasteiger partial charge in [0, 0.05) is 24.5 Å². The first kappa shape index (κ1) is 17.9. The zero-order chi connectivity index (χ0) is 18.8. The van der Waals surface area contributed by atoms with Crippen molar-refractivity contribution in [2.75, 3.05) is 26.8 Å². The fourth-order valence-electron chi connectivity index (χ4n) is 3.69. The molecule has 3 aromatic rings. The number of nitrogens with zero attached hydrogens (tertiary/aromatic N) is 3. The summed E-state index contributed by atoms with van der Waals surface area (Å²) in [5, 5.41) is 2.38. The fraction of sp³-hybridized carbons (Fsp3) is 0.364. The van der Waals surface area contributed by atoms with Gasteiger partial charge in [-0.1, -0.05) is 18.2 Å². The molecule has 1 atom stereocenters. The second-order valence-corrected chi connectivity index (χ2v) is 7.13. The number of ether oxygens (including phenoxy) is 2. The summed E-state index contributed by atoms with van der Waals surface area (Å²) in [6.07, 6.45) is 0.0659. The van der Waals surface area contributed by atoms with E-state index in [0.29, 0.717) is 0 Å². The third-order valence-corrected chi connectivity index (χ3v) is 4.99. The highest BCUT2D eigenvalue weighted by atomic mass is 16.5. The Labute approximate surface area is 160 Å². The molecule has 2 heterocycles. The van der Waals surface area contributed by atoms with Crippen molar-refractivity contribution in [3.05, 3.63) is 65.2 Å². The molecule has 1 aromatic heterocycles. The summed E-state index contributed by atoms with van der Waals surface area (Å²) in [6, 6.07) is 14.7. The topological polar surface area (TPSA) is 47.5 Å². The monoisotopic (exact) mass is 363 g/mol. The SMILES string of the molecule is COc1ccc2cc(C3CN(Cc4nc(C)cc(C)n4)CCO3)ccc2c1. The quantitative estimate of drug-likeness (QED) is 0.705. The molecule has 0 amide bonds. The summed E-state index contributed by atoms with van der Waals surface area (Å²) >= 11 is 0. The maximum absolute atomic E-state index is 6.07. The predicted octanol–water partition coefficient (Wildman–Crippen LogP) is 3.83. The van der Waals surface area contributed by atoms with Gasteiger partial charge in [0.05, 0.1) is 26.4 Å². The molecule has 140 valence electrons. The van der Waals surface area contributed by atoms with Crippen LogP contribution >= 0.6 is 0 Å². The molecule has 1 unspecified atom stereocenters. The smallest absolute Gasteiger partial charge is 0.142 e. The van der Waals surface area contributed by atoms with E-state index in [1.807, 2.05) is 26.0 Å². The number of aryl methyl sites for hydroxylation is 2. The molecule has 0 radical (unpaired) electrons. The summed E-state index contributed by atoms with van der Waals surface area (Å²) < 4.78 is 11.4. The lowest BCUT2D eigenvalue weighted by atomic mass is 10.0. The van der Waals surface area contributed by atoms with Crippen molar-refractivity contribution < 1.29 is 9.47 Å². The zero-order valence-corrected chi connectivity index (χ0v) is 16.1. The summed E-state index contributed by atoms with van der Waals surface area (Å²) in [5.41, 5.74) is 3.25. The van der Waals surface area contributed by atoms with Crippen molar-refractivity contribution in [2.45, 2.75) is 26.5 Å². The fourth-order valence-corrected chi connectivity index (χ4v) is 3.69. The van der Waals surface area contributed by atoms with Crippen LogP contribution in [0.1, 0.15) is 28.9 Å². The molecule has 1 aliphatic rings. The number of aromatic nitrogens is 2. The molecule has 0 N–H and O–H groups in total. The molecular weight excluding hydrogens is 338 g/mol. The highest BCUT2D eigenvalue weighted by Gasteiger charge is 2.23. The van der Waals surface area contributed by atoms with Crippen molar-refractivity contribution in [1.82, 2.24) is 14.9 Å². The molecule has 1 fully saturated rings. The zero-order valence-electron chi connectivity index (χ0n) is 16.1. The molecule has 5 nitrogen and oxygen atoms in total. The van der Waals surface area contributed by atoms with Crippen LogP contribution in [-0.2, 0) is 11.3 Å². The number of hydrogen-bond donors (Lipinski definition) is 0. The Morgan fingerprint density at radius 3 is 2.56 bits per heavy atom. The lowest BCUT2D eigenvalue weighted by molar-refractivity contribution is -0.0336. The lowest BCUT2D eigenvalue weighted by Gasteiger charge is -2.32. The Balaban J connectivity index is 1.51. The van der Waals surface area contributed by atoms with Gasteiger partial charge in [0.1, 0.15) is 11.6 Å². The number of hydrogen-bond acceptors (Lipinski definition) is 5. The molecule has 0 saturated carbocycles. The standard InChI is InChI=1S/C22H25N3O2/c1-15-10-16(2)24-22(23-15)14-25-8-9-27-21(13-25)19-5-4-18-12-20(26-3)7-6-17(18)11-19/h4-7,10-12,21H,8-9,13-14H2,1-3H3. The maximum atomic E-state index is 6.07. The van der Waals surface area contributed by atoms with Crippen LogP contribution < -0.4 is 4.74 Å². The van der Waals surface area contributed by atoms with E-state index in [1.54, 1.807) is 7.11 Å². The van der Waals surface area contributed by atoms with E-state index in [-0.39, 0.29) is 6.10 Å². The number of fused-ring (bicyclic) bond motifs is 1. The van der Waals surface area contributed by atoms with Crippen LogP contribution in [0.2, 0.25) is 0 Å². The van der Waals surface area contributed by atoms with Crippen LogP contribution in [0.15, 0.2) is 42.5 Å². The molecule has 2 aromatic carbocycles. The van der Waals surface area contributed by atoms with Gasteiger partial charge >= 0.3 is 0 Å². The van der Waals surface area contributed by atoms with Gasteiger partial charge in [0.15, 0.2) is 0 Å². The highest BCUT2D eigenvalue weighted by Crippen LogP contribution is 2.28. The van der Waals surface area contributed by atoms with Crippen LogP contribution in [0.3, 0.4) is 0 Å². The van der Waals surface area contributed by atoms with Gasteiger partial charge in [-0.15, -0.1) is 0 Å². The predicted molar refractivity (Wildman–Crippen MR) is 106 cm³/mol. The van der Waals surface area contributed by atoms with Crippen molar-refractivity contribution in [1.29, 1.82) is 0 Å². The summed E-state index contributed by atoms with van der Waals surface area (Å²) in [5.74, 6) is 1.77. The van der Waals surface area contributed by atoms with E-state index >= 15 is 0 Å². The van der Waals surface area contributed by atoms with Crippen molar-refractivity contribution in [3.63, 3.8) is 0 Å². The number of rotatable bonds is 4. The third-order valence-electron chi connectivity index (χ3n) is 4.99. The normalized spacial score (nSPS) is 18.0. The van der Waals surface area contributed by atoms with Crippen LogP contribution in [-0.4, -0.2) is 41.7 Å². The number of benzene rings is 2. The second-order valence-electron chi connectivity index (χ2n) is 7.13. The minimum Gasteiger partial charge on any atom is -0.497 e. The Morgan fingerprint density at radius 2 is 1.78 bits per heavy atom. The van der Waals surface area contributed by atoms with Gasteiger partial charge in [-0.05, 0) is 54.4 Å². The first-order valence-corrected chi connectivity index (χ1v) is 9.33. The van der Waals surface area contributed by atoms with Gasteiger partial charge in [-0.3, -0.25) is 4.90 Å². The van der Waals surface area contributed by atoms with Gasteiger partial charge < -0.3 is 9.47 Å². The van der Waals surface area contributed by atoms with Gasteiger partial charge in [-0.2, -0.15) is 0 Å². The largest absolute Gasteiger partial charge is 0.497 e. The molecule has 27 heavy (non-hydrogen) atoms. The van der Waals surface area contributed by atoms with Crippen LogP contribution in [0.5, 0.6) is 5.75 Å². The Morgan fingerprint density at radius 1 is 1.04 bits per heavy atom. The average molecular weight is 363 g/mol. The molecule has 5 heteroatoms.